The molecule has 2 atom stereocenters. The molecule has 0 aromatic carbocycles. The van der Waals surface area contributed by atoms with Crippen LogP contribution in [-0.2, 0) is 4.74 Å². The van der Waals surface area contributed by atoms with E-state index in [1.807, 2.05) is 0 Å². The van der Waals surface area contributed by atoms with Crippen molar-refractivity contribution in [2.24, 2.45) is 10.8 Å². The van der Waals surface area contributed by atoms with Gasteiger partial charge in [-0.3, -0.25) is 0 Å². The van der Waals surface area contributed by atoms with Gasteiger partial charge in [0.25, 0.3) is 0 Å². The van der Waals surface area contributed by atoms with Gasteiger partial charge in [0.2, 0.25) is 0 Å². The molecule has 1 heterocycles. The molecular formula is C15H26FNO. The zero-order valence-corrected chi connectivity index (χ0v) is 12.0. The molecule has 0 bridgehead atoms. The van der Waals surface area contributed by atoms with Gasteiger partial charge in [0.1, 0.15) is 5.67 Å². The Hall–Kier alpha value is -0.150. The fourth-order valence-corrected chi connectivity index (χ4v) is 3.60. The maximum atomic E-state index is 14.0. The molecule has 2 aliphatic carbocycles. The maximum Gasteiger partial charge on any atom is 0.116 e. The first-order chi connectivity index (χ1) is 8.37. The molecule has 1 saturated heterocycles. The van der Waals surface area contributed by atoms with Crippen LogP contribution in [0.25, 0.3) is 0 Å². The lowest BCUT2D eigenvalue weighted by Crippen LogP contribution is -2.32. The molecule has 0 N–H and O–H groups in total. The minimum Gasteiger partial charge on any atom is -0.378 e. The summed E-state index contributed by atoms with van der Waals surface area (Å²) in [4.78, 5) is 2.49. The van der Waals surface area contributed by atoms with E-state index in [1.54, 1.807) is 6.92 Å². The van der Waals surface area contributed by atoms with Gasteiger partial charge in [-0.05, 0) is 53.0 Å². The smallest absolute Gasteiger partial charge is 0.116 e. The molecule has 0 aromatic rings. The van der Waals surface area contributed by atoms with Gasteiger partial charge in [0.05, 0.1) is 12.7 Å². The van der Waals surface area contributed by atoms with Crippen LogP contribution in [0.4, 0.5) is 4.39 Å². The van der Waals surface area contributed by atoms with Crippen LogP contribution in [0.5, 0.6) is 0 Å². The molecule has 0 amide bonds. The second kappa shape index (κ2) is 3.92. The van der Waals surface area contributed by atoms with Gasteiger partial charge in [-0.25, -0.2) is 4.39 Å². The van der Waals surface area contributed by atoms with Gasteiger partial charge in [-0.2, -0.15) is 0 Å². The van der Waals surface area contributed by atoms with E-state index < -0.39 is 5.67 Å². The highest BCUT2D eigenvalue weighted by molar-refractivity contribution is 5.18. The Kier molecular flexibility index (Phi) is 2.80. The van der Waals surface area contributed by atoms with Crippen LogP contribution in [-0.4, -0.2) is 42.9 Å². The highest BCUT2D eigenvalue weighted by Crippen LogP contribution is 2.64. The first-order valence-electron chi connectivity index (χ1n) is 7.40. The van der Waals surface area contributed by atoms with Crippen molar-refractivity contribution in [2.75, 3.05) is 26.2 Å². The molecule has 3 rings (SSSR count). The van der Waals surface area contributed by atoms with Gasteiger partial charge in [-0.1, -0.05) is 0 Å². The van der Waals surface area contributed by atoms with E-state index in [1.165, 1.54) is 12.8 Å². The number of likely N-dealkylation sites (tertiary alicyclic amines) is 1. The van der Waals surface area contributed by atoms with Gasteiger partial charge in [0.15, 0.2) is 0 Å². The summed E-state index contributed by atoms with van der Waals surface area (Å²) >= 11 is 0. The number of hydrogen-bond acceptors (Lipinski definition) is 2. The van der Waals surface area contributed by atoms with Gasteiger partial charge in [-0.15, -0.1) is 0 Å². The van der Waals surface area contributed by atoms with E-state index in [4.69, 9.17) is 4.74 Å². The van der Waals surface area contributed by atoms with Crippen molar-refractivity contribution in [1.82, 2.24) is 4.90 Å². The molecule has 104 valence electrons. The van der Waals surface area contributed by atoms with E-state index in [2.05, 4.69) is 18.7 Å². The molecule has 3 heteroatoms. The fraction of sp³-hybridized carbons (Fsp3) is 1.00. The van der Waals surface area contributed by atoms with Gasteiger partial charge < -0.3 is 9.64 Å². The molecule has 3 aliphatic rings. The number of ether oxygens (including phenoxy) is 1. The van der Waals surface area contributed by atoms with Crippen molar-refractivity contribution in [2.45, 2.75) is 58.2 Å². The predicted molar refractivity (Wildman–Crippen MR) is 70.4 cm³/mol. The molecule has 18 heavy (non-hydrogen) atoms. The van der Waals surface area contributed by atoms with Crippen LogP contribution in [0.15, 0.2) is 0 Å². The summed E-state index contributed by atoms with van der Waals surface area (Å²) in [5.74, 6) is 0. The first-order valence-corrected chi connectivity index (χ1v) is 7.40. The third-order valence-corrected chi connectivity index (χ3v) is 5.32. The summed E-state index contributed by atoms with van der Waals surface area (Å²) in [6.45, 7) is 10.1. The summed E-state index contributed by atoms with van der Waals surface area (Å²) < 4.78 is 19.8. The SMILES string of the molecule is CC(C)OCC1(CN2CCC3(C2)CC3(C)F)CC1. The highest BCUT2D eigenvalue weighted by Gasteiger charge is 2.68. The zero-order valence-electron chi connectivity index (χ0n) is 12.0. The Bertz CT molecular complexity index is 337. The normalized spacial score (nSPS) is 41.8. The lowest BCUT2D eigenvalue weighted by atomic mass is 10.0. The summed E-state index contributed by atoms with van der Waals surface area (Å²) in [5, 5.41) is 0. The van der Waals surface area contributed by atoms with Crippen molar-refractivity contribution < 1.29 is 9.13 Å². The molecule has 2 saturated carbocycles. The standard InChI is InChI=1S/C15H26FNO/c1-12(2)18-11-14(4-5-14)9-17-7-6-15(10-17)8-13(15,3)16/h12H,4-11H2,1-3H3. The number of alkyl halides is 1. The number of hydrogen-bond donors (Lipinski definition) is 0. The van der Waals surface area contributed by atoms with Crippen molar-refractivity contribution >= 4 is 0 Å². The van der Waals surface area contributed by atoms with Crippen LogP contribution in [0.3, 0.4) is 0 Å². The van der Waals surface area contributed by atoms with Crippen LogP contribution in [0, 0.1) is 10.8 Å². The summed E-state index contributed by atoms with van der Waals surface area (Å²) in [6, 6.07) is 0. The number of nitrogens with zero attached hydrogens (tertiary/aromatic N) is 1. The second-order valence-corrected chi connectivity index (χ2v) is 7.47. The number of halogens is 1. The van der Waals surface area contributed by atoms with E-state index in [9.17, 15) is 4.39 Å². The average molecular weight is 255 g/mol. The molecule has 1 aliphatic heterocycles. The Morgan fingerprint density at radius 2 is 1.94 bits per heavy atom. The van der Waals surface area contributed by atoms with E-state index in [0.717, 1.165) is 39.1 Å². The third kappa shape index (κ3) is 2.20. The molecule has 2 unspecified atom stereocenters. The second-order valence-electron chi connectivity index (χ2n) is 7.47. The van der Waals surface area contributed by atoms with Crippen LogP contribution in [0.2, 0.25) is 0 Å². The fourth-order valence-electron chi connectivity index (χ4n) is 3.60. The molecule has 3 fully saturated rings. The summed E-state index contributed by atoms with van der Waals surface area (Å²) in [7, 11) is 0. The Morgan fingerprint density at radius 1 is 1.28 bits per heavy atom. The Labute approximate surface area is 110 Å². The zero-order chi connectivity index (χ0) is 13.0. The minimum absolute atomic E-state index is 0.0159. The van der Waals surface area contributed by atoms with Crippen LogP contribution in [0.1, 0.15) is 46.5 Å². The van der Waals surface area contributed by atoms with Crippen molar-refractivity contribution in [3.8, 4) is 0 Å². The maximum absolute atomic E-state index is 14.0. The number of rotatable bonds is 5. The van der Waals surface area contributed by atoms with E-state index in [-0.39, 0.29) is 5.41 Å². The first kappa shape index (κ1) is 12.9. The summed E-state index contributed by atoms with van der Waals surface area (Å²) in [5.41, 5.74) is -0.466. The van der Waals surface area contributed by atoms with Crippen molar-refractivity contribution in [3.63, 3.8) is 0 Å². The van der Waals surface area contributed by atoms with E-state index in [0.29, 0.717) is 11.5 Å². The predicted octanol–water partition coefficient (Wildman–Crippen LogP) is 3.02. The Balaban J connectivity index is 1.50. The van der Waals surface area contributed by atoms with Crippen molar-refractivity contribution in [1.29, 1.82) is 0 Å². The monoisotopic (exact) mass is 255 g/mol. The molecule has 1 spiro atoms. The molecule has 0 radical (unpaired) electrons. The van der Waals surface area contributed by atoms with E-state index >= 15 is 0 Å². The lowest BCUT2D eigenvalue weighted by Gasteiger charge is -2.24. The largest absolute Gasteiger partial charge is 0.378 e. The molecule has 2 nitrogen and oxygen atoms in total. The molecule has 0 aromatic heterocycles. The topological polar surface area (TPSA) is 12.5 Å². The summed E-state index contributed by atoms with van der Waals surface area (Å²) in [6.07, 6.45) is 4.74. The average Bonchev–Trinajstić information content (AvgIpc) is 3.07. The van der Waals surface area contributed by atoms with Crippen LogP contribution < -0.4 is 0 Å². The quantitative estimate of drug-likeness (QED) is 0.749. The minimum atomic E-state index is -0.882. The highest BCUT2D eigenvalue weighted by atomic mass is 19.1. The van der Waals surface area contributed by atoms with Crippen LogP contribution >= 0.6 is 0 Å². The van der Waals surface area contributed by atoms with Gasteiger partial charge in [0, 0.05) is 23.9 Å². The van der Waals surface area contributed by atoms with Crippen molar-refractivity contribution in [3.05, 3.63) is 0 Å². The van der Waals surface area contributed by atoms with Gasteiger partial charge >= 0.3 is 0 Å². The third-order valence-electron chi connectivity index (χ3n) is 5.32. The Morgan fingerprint density at radius 3 is 2.39 bits per heavy atom. The molecular weight excluding hydrogens is 229 g/mol. The lowest BCUT2D eigenvalue weighted by molar-refractivity contribution is 0.0327.